The van der Waals surface area contributed by atoms with Gasteiger partial charge in [-0.15, -0.1) is 5.10 Å². The number of amides is 1. The highest BCUT2D eigenvalue weighted by atomic mass is 16.5. The summed E-state index contributed by atoms with van der Waals surface area (Å²) in [5.41, 5.74) is 5.11. The average molecular weight is 468 g/mol. The molecule has 3 aromatic heterocycles. The summed E-state index contributed by atoms with van der Waals surface area (Å²) in [6.07, 6.45) is 1.83. The van der Waals surface area contributed by atoms with Gasteiger partial charge in [-0.3, -0.25) is 9.78 Å². The van der Waals surface area contributed by atoms with E-state index in [0.717, 1.165) is 22.5 Å². The average Bonchev–Trinajstić information content (AvgIpc) is 3.32. The maximum absolute atomic E-state index is 12.1. The van der Waals surface area contributed by atoms with E-state index in [-0.39, 0.29) is 12.5 Å². The zero-order valence-corrected chi connectivity index (χ0v) is 19.8. The van der Waals surface area contributed by atoms with Gasteiger partial charge in [-0.1, -0.05) is 37.3 Å². The third-order valence-electron chi connectivity index (χ3n) is 5.23. The molecule has 0 saturated heterocycles. The van der Waals surface area contributed by atoms with Crippen molar-refractivity contribution >= 4 is 11.7 Å². The van der Waals surface area contributed by atoms with Crippen LogP contribution in [0.2, 0.25) is 0 Å². The van der Waals surface area contributed by atoms with Crippen LogP contribution in [0.15, 0.2) is 60.8 Å². The van der Waals surface area contributed by atoms with E-state index < -0.39 is 0 Å². The molecule has 3 heterocycles. The summed E-state index contributed by atoms with van der Waals surface area (Å²) in [7, 11) is 1.45. The molecule has 35 heavy (non-hydrogen) atoms. The first-order chi connectivity index (χ1) is 16.9. The number of nitrogens with zero attached hydrogens (tertiary/aromatic N) is 6. The first-order valence-electron chi connectivity index (χ1n) is 11.1. The summed E-state index contributed by atoms with van der Waals surface area (Å²) in [6.45, 7) is 4.60. The van der Waals surface area contributed by atoms with Crippen molar-refractivity contribution in [2.45, 2.75) is 26.3 Å². The second kappa shape index (κ2) is 10.7. The van der Waals surface area contributed by atoms with Crippen LogP contribution >= 0.6 is 0 Å². The van der Waals surface area contributed by atoms with Crippen molar-refractivity contribution in [1.82, 2.24) is 25.0 Å². The molecule has 0 radical (unpaired) electrons. The Hall–Kier alpha value is -4.42. The standard InChI is InChI=1S/C26H25N7O2/c1-17(2)22-9-5-8-21(28-22)14-33-15-24(31-32-33)20-11-23(19-7-4-6-18(10-19)13-27)29-25(12-20)30-26(34)16-35-3/h4-12,15,17H,14,16H2,1-3H3,(H,29,30,34). The van der Waals surface area contributed by atoms with Gasteiger partial charge in [0.1, 0.15) is 18.1 Å². The molecule has 0 aliphatic rings. The number of hydrogen-bond donors (Lipinski definition) is 1. The van der Waals surface area contributed by atoms with E-state index in [4.69, 9.17) is 9.72 Å². The predicted octanol–water partition coefficient (Wildman–Crippen LogP) is 4.03. The fraction of sp³-hybridized carbons (Fsp3) is 0.231. The molecule has 0 aliphatic carbocycles. The van der Waals surface area contributed by atoms with Crippen molar-refractivity contribution in [1.29, 1.82) is 5.26 Å². The molecule has 9 heteroatoms. The molecule has 1 N–H and O–H groups in total. The molecule has 0 saturated carbocycles. The molecule has 4 rings (SSSR count). The smallest absolute Gasteiger partial charge is 0.251 e. The van der Waals surface area contributed by atoms with E-state index in [9.17, 15) is 10.1 Å². The number of pyridine rings is 2. The normalized spacial score (nSPS) is 10.8. The molecule has 0 unspecified atom stereocenters. The van der Waals surface area contributed by atoms with Gasteiger partial charge < -0.3 is 10.1 Å². The van der Waals surface area contributed by atoms with Crippen molar-refractivity contribution in [2.24, 2.45) is 0 Å². The zero-order valence-electron chi connectivity index (χ0n) is 19.8. The topological polar surface area (TPSA) is 119 Å². The van der Waals surface area contributed by atoms with E-state index in [0.29, 0.717) is 35.2 Å². The summed E-state index contributed by atoms with van der Waals surface area (Å²) in [6, 6.07) is 18.8. The molecular formula is C26H25N7O2. The molecule has 176 valence electrons. The van der Waals surface area contributed by atoms with Gasteiger partial charge in [0.2, 0.25) is 0 Å². The Morgan fingerprint density at radius 3 is 2.69 bits per heavy atom. The Balaban J connectivity index is 1.68. The number of nitrogens with one attached hydrogen (secondary N) is 1. The second-order valence-electron chi connectivity index (χ2n) is 8.31. The van der Waals surface area contributed by atoms with Crippen LogP contribution < -0.4 is 5.32 Å². The summed E-state index contributed by atoms with van der Waals surface area (Å²) in [5.74, 6) is 0.360. The van der Waals surface area contributed by atoms with E-state index in [2.05, 4.69) is 40.5 Å². The molecule has 1 aromatic carbocycles. The predicted molar refractivity (Wildman–Crippen MR) is 131 cm³/mol. The number of rotatable bonds is 8. The van der Waals surface area contributed by atoms with Crippen LogP contribution in [0.1, 0.15) is 36.7 Å². The highest BCUT2D eigenvalue weighted by Gasteiger charge is 2.13. The highest BCUT2D eigenvalue weighted by molar-refractivity contribution is 5.91. The number of hydrogen-bond acceptors (Lipinski definition) is 7. The van der Waals surface area contributed by atoms with Crippen LogP contribution in [-0.2, 0) is 16.1 Å². The van der Waals surface area contributed by atoms with Crippen LogP contribution in [-0.4, -0.2) is 44.6 Å². The van der Waals surface area contributed by atoms with Gasteiger partial charge in [0.25, 0.3) is 5.91 Å². The Morgan fingerprint density at radius 1 is 1.09 bits per heavy atom. The van der Waals surface area contributed by atoms with Gasteiger partial charge >= 0.3 is 0 Å². The van der Waals surface area contributed by atoms with Crippen LogP contribution in [0.25, 0.3) is 22.5 Å². The van der Waals surface area contributed by atoms with E-state index in [1.807, 2.05) is 36.5 Å². The third-order valence-corrected chi connectivity index (χ3v) is 5.23. The van der Waals surface area contributed by atoms with Gasteiger partial charge in [-0.2, -0.15) is 5.26 Å². The fourth-order valence-electron chi connectivity index (χ4n) is 3.53. The van der Waals surface area contributed by atoms with E-state index in [1.54, 1.807) is 28.9 Å². The van der Waals surface area contributed by atoms with Gasteiger partial charge in [-0.05, 0) is 42.3 Å². The number of nitriles is 1. The lowest BCUT2D eigenvalue weighted by Gasteiger charge is -2.09. The van der Waals surface area contributed by atoms with Crippen LogP contribution in [0.5, 0.6) is 0 Å². The first kappa shape index (κ1) is 23.7. The highest BCUT2D eigenvalue weighted by Crippen LogP contribution is 2.27. The number of carbonyl (C=O) groups excluding carboxylic acids is 1. The number of carbonyl (C=O) groups is 1. The van der Waals surface area contributed by atoms with Crippen LogP contribution in [0.3, 0.4) is 0 Å². The quantitative estimate of drug-likeness (QED) is 0.415. The van der Waals surface area contributed by atoms with Gasteiger partial charge in [-0.25, -0.2) is 9.67 Å². The molecule has 9 nitrogen and oxygen atoms in total. The number of aromatic nitrogens is 5. The van der Waals surface area contributed by atoms with Gasteiger partial charge in [0.05, 0.1) is 35.8 Å². The lowest BCUT2D eigenvalue weighted by atomic mass is 10.1. The largest absolute Gasteiger partial charge is 0.375 e. The number of anilines is 1. The van der Waals surface area contributed by atoms with Crippen LogP contribution in [0.4, 0.5) is 5.82 Å². The fourth-order valence-corrected chi connectivity index (χ4v) is 3.53. The Bertz CT molecular complexity index is 1390. The van der Waals surface area contributed by atoms with Crippen molar-refractivity contribution < 1.29 is 9.53 Å². The maximum Gasteiger partial charge on any atom is 0.251 e. The third kappa shape index (κ3) is 5.93. The van der Waals surface area contributed by atoms with Crippen molar-refractivity contribution in [3.05, 3.63) is 77.7 Å². The van der Waals surface area contributed by atoms with Crippen molar-refractivity contribution in [2.75, 3.05) is 19.0 Å². The molecule has 0 aliphatic heterocycles. The summed E-state index contributed by atoms with van der Waals surface area (Å²) >= 11 is 0. The summed E-state index contributed by atoms with van der Waals surface area (Å²) in [4.78, 5) is 21.4. The first-order valence-corrected chi connectivity index (χ1v) is 11.1. The monoisotopic (exact) mass is 467 g/mol. The van der Waals surface area contributed by atoms with E-state index >= 15 is 0 Å². The molecule has 0 atom stereocenters. The minimum absolute atomic E-state index is 0.0935. The molecule has 0 fully saturated rings. The van der Waals surface area contributed by atoms with Crippen molar-refractivity contribution in [3.63, 3.8) is 0 Å². The number of methoxy groups -OCH3 is 1. The van der Waals surface area contributed by atoms with Crippen molar-refractivity contribution in [3.8, 4) is 28.6 Å². The van der Waals surface area contributed by atoms with Gasteiger partial charge in [0.15, 0.2) is 0 Å². The molecule has 0 spiro atoms. The Labute approximate surface area is 203 Å². The SMILES string of the molecule is COCC(=O)Nc1cc(-c2cn(Cc3cccc(C(C)C)n3)nn2)cc(-c2cccc(C#N)c2)n1. The second-order valence-corrected chi connectivity index (χ2v) is 8.31. The van der Waals surface area contributed by atoms with E-state index in [1.165, 1.54) is 7.11 Å². The minimum Gasteiger partial charge on any atom is -0.375 e. The summed E-state index contributed by atoms with van der Waals surface area (Å²) in [5, 5.41) is 20.6. The molecular weight excluding hydrogens is 442 g/mol. The number of ether oxygens (including phenoxy) is 1. The lowest BCUT2D eigenvalue weighted by Crippen LogP contribution is -2.18. The molecule has 4 aromatic rings. The zero-order chi connectivity index (χ0) is 24.8. The Kier molecular flexibility index (Phi) is 7.24. The lowest BCUT2D eigenvalue weighted by molar-refractivity contribution is -0.119. The Morgan fingerprint density at radius 2 is 1.91 bits per heavy atom. The van der Waals surface area contributed by atoms with Gasteiger partial charge in [0, 0.05) is 23.9 Å². The number of benzene rings is 1. The minimum atomic E-state index is -0.325. The van der Waals surface area contributed by atoms with Crippen LogP contribution in [0, 0.1) is 11.3 Å². The summed E-state index contributed by atoms with van der Waals surface area (Å²) < 4.78 is 6.63. The molecule has 0 bridgehead atoms. The molecule has 1 amide bonds. The maximum atomic E-state index is 12.1.